The predicted molar refractivity (Wildman–Crippen MR) is 134 cm³/mol. The van der Waals surface area contributed by atoms with Gasteiger partial charge in [0, 0.05) is 5.41 Å². The molecular weight excluding hydrogens is 418 g/mol. The maximum atomic E-state index is 12.2. The molecule has 0 fully saturated rings. The summed E-state index contributed by atoms with van der Waals surface area (Å²) in [5.74, 6) is 1.61. The van der Waals surface area contributed by atoms with E-state index in [1.807, 2.05) is 45.9 Å². The quantitative estimate of drug-likeness (QED) is 0.223. The fourth-order valence-electron chi connectivity index (χ4n) is 3.28. The highest BCUT2D eigenvalue weighted by Crippen LogP contribution is 2.28. The fraction of sp³-hybridized carbons (Fsp3) is 0.600. The molecule has 182 valence electrons. The Balaban J connectivity index is 1.90. The first-order valence-corrected chi connectivity index (χ1v) is 12.0. The van der Waals surface area contributed by atoms with E-state index in [4.69, 9.17) is 9.47 Å². The molecule has 1 aromatic heterocycles. The number of rotatable bonds is 14. The van der Waals surface area contributed by atoms with Crippen LogP contribution in [0.4, 0.5) is 5.95 Å². The molecule has 33 heavy (non-hydrogen) atoms. The fourth-order valence-corrected chi connectivity index (χ4v) is 3.28. The SMILES string of the molecule is CCCCCCCCCOc1ccc(/C=N/Nc2nnc(C(C)(C)C)c(=O)[nH]2)cc1OCC. The normalized spacial score (nSPS) is 11.7. The minimum atomic E-state index is -0.378. The molecule has 0 spiro atoms. The van der Waals surface area contributed by atoms with E-state index in [1.165, 1.54) is 38.5 Å². The minimum absolute atomic E-state index is 0.184. The van der Waals surface area contributed by atoms with E-state index < -0.39 is 0 Å². The first-order chi connectivity index (χ1) is 15.8. The van der Waals surface area contributed by atoms with Gasteiger partial charge in [-0.05, 0) is 37.1 Å². The summed E-state index contributed by atoms with van der Waals surface area (Å²) in [6, 6.07) is 5.68. The molecule has 0 saturated carbocycles. The lowest BCUT2D eigenvalue weighted by atomic mass is 9.93. The van der Waals surface area contributed by atoms with Gasteiger partial charge in [-0.1, -0.05) is 66.2 Å². The van der Waals surface area contributed by atoms with E-state index in [1.54, 1.807) is 6.21 Å². The van der Waals surface area contributed by atoms with Crippen LogP contribution in [0.2, 0.25) is 0 Å². The molecule has 0 unspecified atom stereocenters. The number of hydrogen-bond donors (Lipinski definition) is 2. The van der Waals surface area contributed by atoms with Crippen LogP contribution < -0.4 is 20.5 Å². The van der Waals surface area contributed by atoms with Gasteiger partial charge in [-0.3, -0.25) is 9.78 Å². The van der Waals surface area contributed by atoms with Crippen LogP contribution in [0.3, 0.4) is 0 Å². The third-order valence-electron chi connectivity index (χ3n) is 5.06. The molecule has 0 bridgehead atoms. The van der Waals surface area contributed by atoms with Crippen LogP contribution in [0.25, 0.3) is 0 Å². The number of H-pyrrole nitrogens is 1. The van der Waals surface area contributed by atoms with Gasteiger partial charge < -0.3 is 9.47 Å². The van der Waals surface area contributed by atoms with Crippen LogP contribution in [0.1, 0.15) is 90.8 Å². The lowest BCUT2D eigenvalue weighted by Gasteiger charge is -2.15. The molecule has 2 rings (SSSR count). The number of ether oxygens (including phenoxy) is 2. The number of aromatic amines is 1. The zero-order valence-corrected chi connectivity index (χ0v) is 20.7. The van der Waals surface area contributed by atoms with E-state index in [2.05, 4.69) is 32.6 Å². The number of nitrogens with zero attached hydrogens (tertiary/aromatic N) is 3. The summed E-state index contributed by atoms with van der Waals surface area (Å²) in [6.07, 6.45) is 10.4. The van der Waals surface area contributed by atoms with Crippen molar-refractivity contribution in [3.63, 3.8) is 0 Å². The molecule has 2 N–H and O–H groups in total. The average Bonchev–Trinajstić information content (AvgIpc) is 2.76. The molecule has 1 heterocycles. The van der Waals surface area contributed by atoms with Crippen molar-refractivity contribution in [1.29, 1.82) is 0 Å². The Hall–Kier alpha value is -2.90. The molecule has 0 aliphatic heterocycles. The van der Waals surface area contributed by atoms with Crippen molar-refractivity contribution in [2.45, 2.75) is 85.0 Å². The number of benzene rings is 1. The van der Waals surface area contributed by atoms with Crippen molar-refractivity contribution in [1.82, 2.24) is 15.2 Å². The molecule has 0 amide bonds. The molecule has 0 aliphatic carbocycles. The number of hydrogen-bond acceptors (Lipinski definition) is 7. The van der Waals surface area contributed by atoms with Crippen molar-refractivity contribution in [3.05, 3.63) is 39.8 Å². The zero-order chi connectivity index (χ0) is 24.1. The topological polar surface area (TPSA) is 101 Å². The lowest BCUT2D eigenvalue weighted by molar-refractivity contribution is 0.270. The Kier molecular flexibility index (Phi) is 10.9. The summed E-state index contributed by atoms with van der Waals surface area (Å²) < 4.78 is 11.7. The van der Waals surface area contributed by atoms with Crippen molar-refractivity contribution in [2.24, 2.45) is 5.10 Å². The monoisotopic (exact) mass is 457 g/mol. The van der Waals surface area contributed by atoms with Crippen molar-refractivity contribution in [2.75, 3.05) is 18.6 Å². The Morgan fingerprint density at radius 3 is 2.39 bits per heavy atom. The number of unbranched alkanes of at least 4 members (excludes halogenated alkanes) is 6. The van der Waals surface area contributed by atoms with Gasteiger partial charge >= 0.3 is 0 Å². The molecule has 0 atom stereocenters. The van der Waals surface area contributed by atoms with Gasteiger partial charge in [0.1, 0.15) is 5.69 Å². The summed E-state index contributed by atoms with van der Waals surface area (Å²) in [5, 5.41) is 12.2. The third kappa shape index (κ3) is 9.24. The van der Waals surface area contributed by atoms with Crippen LogP contribution in [0.15, 0.2) is 28.1 Å². The summed E-state index contributed by atoms with van der Waals surface area (Å²) in [7, 11) is 0. The van der Waals surface area contributed by atoms with Crippen LogP contribution in [-0.4, -0.2) is 34.6 Å². The maximum Gasteiger partial charge on any atom is 0.274 e. The second-order valence-electron chi connectivity index (χ2n) is 9.08. The van der Waals surface area contributed by atoms with Crippen molar-refractivity contribution >= 4 is 12.2 Å². The van der Waals surface area contributed by atoms with Crippen LogP contribution in [-0.2, 0) is 5.41 Å². The second kappa shape index (κ2) is 13.6. The molecule has 2 aromatic rings. The zero-order valence-electron chi connectivity index (χ0n) is 20.7. The number of nitrogens with one attached hydrogen (secondary N) is 2. The smallest absolute Gasteiger partial charge is 0.274 e. The predicted octanol–water partition coefficient (Wildman–Crippen LogP) is 5.44. The Labute approximate surface area is 197 Å². The van der Waals surface area contributed by atoms with E-state index in [0.717, 1.165) is 17.7 Å². The summed E-state index contributed by atoms with van der Waals surface area (Å²) in [6.45, 7) is 11.1. The largest absolute Gasteiger partial charge is 0.490 e. The van der Waals surface area contributed by atoms with Gasteiger partial charge in [0.05, 0.1) is 19.4 Å². The minimum Gasteiger partial charge on any atom is -0.490 e. The van der Waals surface area contributed by atoms with Gasteiger partial charge in [0.15, 0.2) is 11.5 Å². The van der Waals surface area contributed by atoms with Gasteiger partial charge in [0.2, 0.25) is 5.95 Å². The number of anilines is 1. The first-order valence-electron chi connectivity index (χ1n) is 12.0. The maximum absolute atomic E-state index is 12.2. The van der Waals surface area contributed by atoms with Crippen LogP contribution >= 0.6 is 0 Å². The van der Waals surface area contributed by atoms with E-state index >= 15 is 0 Å². The molecule has 0 radical (unpaired) electrons. The van der Waals surface area contributed by atoms with Gasteiger partial charge in [-0.15, -0.1) is 10.2 Å². The van der Waals surface area contributed by atoms with Crippen molar-refractivity contribution in [3.8, 4) is 11.5 Å². The van der Waals surface area contributed by atoms with E-state index in [9.17, 15) is 4.79 Å². The standard InChI is InChI=1S/C25H39N5O3/c1-6-8-9-10-11-12-13-16-33-20-15-14-19(17-21(20)32-7-2)18-26-29-24-27-23(31)22(28-30-24)25(3,4)5/h14-15,17-18H,6-13,16H2,1-5H3,(H2,27,29,30,31)/b26-18+. The van der Waals surface area contributed by atoms with Crippen molar-refractivity contribution < 1.29 is 9.47 Å². The highest BCUT2D eigenvalue weighted by atomic mass is 16.5. The van der Waals surface area contributed by atoms with Gasteiger partial charge in [-0.25, -0.2) is 5.43 Å². The highest BCUT2D eigenvalue weighted by Gasteiger charge is 2.20. The summed E-state index contributed by atoms with van der Waals surface area (Å²) in [5.41, 5.74) is 3.26. The molecule has 0 saturated heterocycles. The van der Waals surface area contributed by atoms with E-state index in [0.29, 0.717) is 24.7 Å². The molecular formula is C25H39N5O3. The molecule has 1 aromatic carbocycles. The lowest BCUT2D eigenvalue weighted by Crippen LogP contribution is -2.28. The second-order valence-corrected chi connectivity index (χ2v) is 9.08. The van der Waals surface area contributed by atoms with Crippen LogP contribution in [0, 0.1) is 0 Å². The van der Waals surface area contributed by atoms with Gasteiger partial charge in [0.25, 0.3) is 5.56 Å². The number of hydrazone groups is 1. The first kappa shape index (κ1) is 26.4. The van der Waals surface area contributed by atoms with Gasteiger partial charge in [-0.2, -0.15) is 5.10 Å². The Morgan fingerprint density at radius 2 is 1.73 bits per heavy atom. The Morgan fingerprint density at radius 1 is 1.00 bits per heavy atom. The molecule has 8 heteroatoms. The van der Waals surface area contributed by atoms with E-state index in [-0.39, 0.29) is 16.9 Å². The Bertz CT molecular complexity index is 934. The molecule has 8 nitrogen and oxygen atoms in total. The average molecular weight is 458 g/mol. The third-order valence-corrected chi connectivity index (χ3v) is 5.06. The molecule has 0 aliphatic rings. The van der Waals surface area contributed by atoms with Crippen LogP contribution in [0.5, 0.6) is 11.5 Å². The highest BCUT2D eigenvalue weighted by molar-refractivity contribution is 5.81. The number of aromatic nitrogens is 3. The summed E-state index contributed by atoms with van der Waals surface area (Å²) >= 11 is 0. The summed E-state index contributed by atoms with van der Waals surface area (Å²) in [4.78, 5) is 14.8.